The summed E-state index contributed by atoms with van der Waals surface area (Å²) in [4.78, 5) is 10.2. The van der Waals surface area contributed by atoms with Crippen molar-refractivity contribution in [2.24, 2.45) is 0 Å². The van der Waals surface area contributed by atoms with Gasteiger partial charge in [-0.25, -0.2) is 8.42 Å². The predicted molar refractivity (Wildman–Crippen MR) is 100 cm³/mol. The molecule has 0 heterocycles. The van der Waals surface area contributed by atoms with Gasteiger partial charge < -0.3 is 10.6 Å². The van der Waals surface area contributed by atoms with Crippen molar-refractivity contribution in [3.8, 4) is 0 Å². The summed E-state index contributed by atoms with van der Waals surface area (Å²) in [6.07, 6.45) is 4.04. The zero-order valence-corrected chi connectivity index (χ0v) is 15.7. The molecule has 138 valence electrons. The summed E-state index contributed by atoms with van der Waals surface area (Å²) in [5.74, 6) is 0. The van der Waals surface area contributed by atoms with E-state index in [2.05, 4.69) is 15.4 Å². The van der Waals surface area contributed by atoms with Crippen LogP contribution in [0.15, 0.2) is 23.1 Å². The maximum Gasteiger partial charge on any atom is 0.270 e. The van der Waals surface area contributed by atoms with Gasteiger partial charge >= 0.3 is 0 Å². The maximum absolute atomic E-state index is 12.7. The van der Waals surface area contributed by atoms with Gasteiger partial charge in [0.1, 0.15) is 4.90 Å². The first kappa shape index (κ1) is 19.4. The highest BCUT2D eigenvalue weighted by Crippen LogP contribution is 2.30. The number of benzene rings is 1. The lowest BCUT2D eigenvalue weighted by Crippen LogP contribution is -2.42. The van der Waals surface area contributed by atoms with Crippen LogP contribution in [0, 0.1) is 10.1 Å². The minimum Gasteiger partial charge on any atom is -0.381 e. The number of nitrogens with one attached hydrogen (secondary N) is 3. The minimum absolute atomic E-state index is 0.0450. The van der Waals surface area contributed by atoms with E-state index in [1.165, 1.54) is 12.1 Å². The molecule has 1 aliphatic carbocycles. The van der Waals surface area contributed by atoms with Crippen LogP contribution in [0.4, 0.5) is 11.4 Å². The van der Waals surface area contributed by atoms with Gasteiger partial charge in [-0.05, 0) is 45.0 Å². The van der Waals surface area contributed by atoms with Crippen LogP contribution in [0.25, 0.3) is 0 Å². The Morgan fingerprint density at radius 2 is 1.96 bits per heavy atom. The molecule has 0 aromatic heterocycles. The van der Waals surface area contributed by atoms with E-state index in [0.29, 0.717) is 5.69 Å². The Balaban J connectivity index is 2.35. The fourth-order valence-electron chi connectivity index (χ4n) is 2.72. The van der Waals surface area contributed by atoms with Crippen molar-refractivity contribution in [1.29, 1.82) is 0 Å². The Morgan fingerprint density at radius 1 is 1.32 bits per heavy atom. The molecule has 1 saturated carbocycles. The number of hydrogen-bond donors (Lipinski definition) is 3. The summed E-state index contributed by atoms with van der Waals surface area (Å²) in [6, 6.07) is 3.90. The Kier molecular flexibility index (Phi) is 6.17. The second-order valence-corrected chi connectivity index (χ2v) is 8.36. The molecule has 0 unspecified atom stereocenters. The zero-order chi connectivity index (χ0) is 18.6. The quantitative estimate of drug-likeness (QED) is 0.391. The van der Waals surface area contributed by atoms with Crippen molar-refractivity contribution in [3.05, 3.63) is 28.3 Å². The van der Waals surface area contributed by atoms with E-state index >= 15 is 0 Å². The summed E-state index contributed by atoms with van der Waals surface area (Å²) >= 11 is 4.99. The summed E-state index contributed by atoms with van der Waals surface area (Å²) in [6.45, 7) is 3.64. The lowest BCUT2D eigenvalue weighted by Gasteiger charge is -2.18. The van der Waals surface area contributed by atoms with Gasteiger partial charge in [-0.2, -0.15) is 0 Å². The maximum atomic E-state index is 12.7. The van der Waals surface area contributed by atoms with E-state index in [0.717, 1.165) is 31.7 Å². The van der Waals surface area contributed by atoms with E-state index in [4.69, 9.17) is 12.2 Å². The molecule has 2 rings (SSSR count). The standard InChI is InChI=1S/C15H22N4O4S2/c1-10(2)16-15(24)18-25(22,23)14-9-12(19(20)21)7-8-13(14)17-11-5-3-4-6-11/h7-11,17H,3-6H2,1-2H3,(H2,16,18,24). The van der Waals surface area contributed by atoms with Crippen LogP contribution in [0.3, 0.4) is 0 Å². The molecule has 0 aliphatic heterocycles. The van der Waals surface area contributed by atoms with Crippen LogP contribution in [-0.4, -0.2) is 30.5 Å². The molecular formula is C15H22N4O4S2. The first-order valence-corrected chi connectivity index (χ1v) is 9.96. The molecule has 3 N–H and O–H groups in total. The van der Waals surface area contributed by atoms with Crippen molar-refractivity contribution >= 4 is 38.7 Å². The molecule has 1 fully saturated rings. The summed E-state index contributed by atoms with van der Waals surface area (Å²) in [7, 11) is -4.05. The Bertz CT molecular complexity index is 759. The first-order chi connectivity index (χ1) is 11.7. The Morgan fingerprint density at radius 3 is 2.52 bits per heavy atom. The van der Waals surface area contributed by atoms with Crippen molar-refractivity contribution in [1.82, 2.24) is 10.0 Å². The predicted octanol–water partition coefficient (Wildman–Crippen LogP) is 2.51. The minimum atomic E-state index is -4.05. The Hall–Kier alpha value is -1.94. The molecule has 0 spiro atoms. The van der Waals surface area contributed by atoms with E-state index in [9.17, 15) is 18.5 Å². The average Bonchev–Trinajstić information content (AvgIpc) is 2.98. The topological polar surface area (TPSA) is 113 Å². The van der Waals surface area contributed by atoms with Crippen molar-refractivity contribution < 1.29 is 13.3 Å². The highest BCUT2D eigenvalue weighted by atomic mass is 32.2. The first-order valence-electron chi connectivity index (χ1n) is 8.07. The molecule has 10 heteroatoms. The monoisotopic (exact) mass is 386 g/mol. The van der Waals surface area contributed by atoms with Crippen molar-refractivity contribution in [3.63, 3.8) is 0 Å². The molecule has 1 aromatic rings. The van der Waals surface area contributed by atoms with Gasteiger partial charge in [-0.3, -0.25) is 14.8 Å². The summed E-state index contributed by atoms with van der Waals surface area (Å²) in [5, 5.41) is 17.0. The zero-order valence-electron chi connectivity index (χ0n) is 14.1. The number of nitro groups is 1. The van der Waals surface area contributed by atoms with Crippen LogP contribution in [0.1, 0.15) is 39.5 Å². The number of non-ortho nitro benzene ring substituents is 1. The normalized spacial score (nSPS) is 15.2. The van der Waals surface area contributed by atoms with Crippen LogP contribution >= 0.6 is 12.2 Å². The lowest BCUT2D eigenvalue weighted by molar-refractivity contribution is -0.385. The molecule has 0 amide bonds. The van der Waals surface area contributed by atoms with E-state index in [-0.39, 0.29) is 27.8 Å². The molecule has 0 bridgehead atoms. The number of hydrogen-bond acceptors (Lipinski definition) is 6. The van der Waals surface area contributed by atoms with Crippen molar-refractivity contribution in [2.45, 2.75) is 56.5 Å². The molecular weight excluding hydrogens is 364 g/mol. The fraction of sp³-hybridized carbons (Fsp3) is 0.533. The van der Waals surface area contributed by atoms with Crippen LogP contribution in [-0.2, 0) is 10.0 Å². The highest BCUT2D eigenvalue weighted by Gasteiger charge is 2.25. The van der Waals surface area contributed by atoms with Crippen LogP contribution in [0.2, 0.25) is 0 Å². The molecule has 8 nitrogen and oxygen atoms in total. The van der Waals surface area contributed by atoms with E-state index < -0.39 is 14.9 Å². The number of thiocarbonyl (C=S) groups is 1. The van der Waals surface area contributed by atoms with Crippen molar-refractivity contribution in [2.75, 3.05) is 5.32 Å². The third-order valence-electron chi connectivity index (χ3n) is 3.83. The van der Waals surface area contributed by atoms with Gasteiger partial charge in [0.2, 0.25) is 0 Å². The van der Waals surface area contributed by atoms with Gasteiger partial charge in [-0.15, -0.1) is 0 Å². The molecule has 0 radical (unpaired) electrons. The van der Waals surface area contributed by atoms with Gasteiger partial charge in [0, 0.05) is 24.2 Å². The summed E-state index contributed by atoms with van der Waals surface area (Å²) < 4.78 is 27.6. The highest BCUT2D eigenvalue weighted by molar-refractivity contribution is 7.92. The number of nitrogens with zero attached hydrogens (tertiary/aromatic N) is 1. The van der Waals surface area contributed by atoms with E-state index in [1.807, 2.05) is 13.8 Å². The fourth-order valence-corrected chi connectivity index (χ4v) is 4.40. The number of nitro benzene ring substituents is 1. The molecule has 1 aromatic carbocycles. The second kappa shape index (κ2) is 7.96. The van der Waals surface area contributed by atoms with E-state index in [1.54, 1.807) is 0 Å². The van der Waals surface area contributed by atoms with Gasteiger partial charge in [0.25, 0.3) is 15.7 Å². The van der Waals surface area contributed by atoms with Crippen LogP contribution < -0.4 is 15.4 Å². The third-order valence-corrected chi connectivity index (χ3v) is 5.57. The van der Waals surface area contributed by atoms with Gasteiger partial charge in [-0.1, -0.05) is 12.8 Å². The number of anilines is 1. The molecule has 25 heavy (non-hydrogen) atoms. The number of sulfonamides is 1. The van der Waals surface area contributed by atoms with Gasteiger partial charge in [0.15, 0.2) is 5.11 Å². The average molecular weight is 386 g/mol. The Labute approximate surface area is 152 Å². The van der Waals surface area contributed by atoms with Gasteiger partial charge in [0.05, 0.1) is 10.6 Å². The number of rotatable bonds is 6. The summed E-state index contributed by atoms with van der Waals surface area (Å²) in [5.41, 5.74) is 0.0532. The second-order valence-electron chi connectivity index (χ2n) is 6.30. The molecule has 0 atom stereocenters. The van der Waals surface area contributed by atoms with Crippen LogP contribution in [0.5, 0.6) is 0 Å². The smallest absolute Gasteiger partial charge is 0.270 e. The lowest BCUT2D eigenvalue weighted by atomic mass is 10.2. The molecule has 0 saturated heterocycles. The largest absolute Gasteiger partial charge is 0.381 e. The molecule has 1 aliphatic rings. The SMILES string of the molecule is CC(C)NC(=S)NS(=O)(=O)c1cc([N+](=O)[O-])ccc1NC1CCCC1. The third kappa shape index (κ3) is 5.27.